The summed E-state index contributed by atoms with van der Waals surface area (Å²) < 4.78 is 6.03. The minimum atomic E-state index is -1.86. The molecule has 0 heterocycles. The molecule has 0 aromatic rings. The molecule has 3 aliphatic carbocycles. The van der Waals surface area contributed by atoms with Gasteiger partial charge in [-0.25, -0.2) is 0 Å². The van der Waals surface area contributed by atoms with Crippen molar-refractivity contribution in [1.82, 2.24) is 0 Å². The Morgan fingerprint density at radius 3 is 2.50 bits per heavy atom. The van der Waals surface area contributed by atoms with E-state index < -0.39 is 8.32 Å². The lowest BCUT2D eigenvalue weighted by molar-refractivity contribution is -0.162. The standard InChI is InChI=1S/C23H38O2Si/c1-8-21(2)15-12-18-17(16-21)10-11-19-22(18,3)13-9-14-23(19,4)20(24)25-26(5,6)7/h8,16,18-19H,1,9-15H2,2-7H3/t18-,19+,21+,22+,23+/m0/s1. The van der Waals surface area contributed by atoms with Gasteiger partial charge in [0, 0.05) is 5.41 Å². The van der Waals surface area contributed by atoms with Gasteiger partial charge in [0.25, 0.3) is 5.97 Å². The van der Waals surface area contributed by atoms with Gasteiger partial charge in [-0.2, -0.15) is 0 Å². The summed E-state index contributed by atoms with van der Waals surface area (Å²) in [5.41, 5.74) is 1.72. The van der Waals surface area contributed by atoms with Crippen LogP contribution in [-0.2, 0) is 9.22 Å². The number of carbonyl (C=O) groups is 1. The van der Waals surface area contributed by atoms with Crippen LogP contribution in [0.2, 0.25) is 19.6 Å². The highest BCUT2D eigenvalue weighted by Gasteiger charge is 2.59. The Hall–Kier alpha value is -0.833. The highest BCUT2D eigenvalue weighted by Crippen LogP contribution is 2.64. The second-order valence-electron chi connectivity index (χ2n) is 10.9. The minimum absolute atomic E-state index is 0.0896. The maximum Gasteiger partial charge on any atom is 0.298 e. The average Bonchev–Trinajstić information content (AvgIpc) is 2.52. The third kappa shape index (κ3) is 3.25. The van der Waals surface area contributed by atoms with E-state index in [1.54, 1.807) is 5.57 Å². The van der Waals surface area contributed by atoms with Crippen LogP contribution in [0.15, 0.2) is 24.3 Å². The zero-order chi connectivity index (χ0) is 19.4. The average molecular weight is 375 g/mol. The summed E-state index contributed by atoms with van der Waals surface area (Å²) in [4.78, 5) is 13.2. The van der Waals surface area contributed by atoms with E-state index in [0.29, 0.717) is 11.8 Å². The molecule has 2 nitrogen and oxygen atoms in total. The molecule has 26 heavy (non-hydrogen) atoms. The van der Waals surface area contributed by atoms with E-state index in [9.17, 15) is 4.79 Å². The van der Waals surface area contributed by atoms with Gasteiger partial charge in [0.2, 0.25) is 8.32 Å². The molecular weight excluding hydrogens is 336 g/mol. The fourth-order valence-corrected chi connectivity index (χ4v) is 7.12. The summed E-state index contributed by atoms with van der Waals surface area (Å²) in [7, 11) is -1.86. The fraction of sp³-hybridized carbons (Fsp3) is 0.783. The molecule has 146 valence electrons. The zero-order valence-electron chi connectivity index (χ0n) is 17.8. The van der Waals surface area contributed by atoms with Crippen LogP contribution in [0.3, 0.4) is 0 Å². The van der Waals surface area contributed by atoms with Crippen LogP contribution in [0.1, 0.15) is 65.7 Å². The van der Waals surface area contributed by atoms with Gasteiger partial charge in [0.15, 0.2) is 0 Å². The summed E-state index contributed by atoms with van der Waals surface area (Å²) >= 11 is 0. The van der Waals surface area contributed by atoms with Crippen molar-refractivity contribution in [2.24, 2.45) is 28.1 Å². The number of rotatable bonds is 3. The first-order chi connectivity index (χ1) is 11.9. The predicted molar refractivity (Wildman–Crippen MR) is 111 cm³/mol. The molecule has 0 bridgehead atoms. The minimum Gasteiger partial charge on any atom is -0.519 e. The van der Waals surface area contributed by atoms with Gasteiger partial charge in [-0.1, -0.05) is 38.0 Å². The fourth-order valence-electron chi connectivity index (χ4n) is 6.33. The molecule has 2 fully saturated rings. The normalized spacial score (nSPS) is 42.9. The van der Waals surface area contributed by atoms with Crippen LogP contribution in [0.5, 0.6) is 0 Å². The van der Waals surface area contributed by atoms with Crippen molar-refractivity contribution in [2.75, 3.05) is 0 Å². The smallest absolute Gasteiger partial charge is 0.298 e. The first kappa shape index (κ1) is 19.9. The second-order valence-corrected chi connectivity index (χ2v) is 15.3. The van der Waals surface area contributed by atoms with Gasteiger partial charge in [-0.05, 0) is 82.3 Å². The molecule has 0 unspecified atom stereocenters. The highest BCUT2D eigenvalue weighted by atomic mass is 28.4. The topological polar surface area (TPSA) is 26.3 Å². The summed E-state index contributed by atoms with van der Waals surface area (Å²) in [5, 5.41) is 0. The van der Waals surface area contributed by atoms with E-state index >= 15 is 0 Å². The van der Waals surface area contributed by atoms with Crippen LogP contribution >= 0.6 is 0 Å². The molecule has 3 heteroatoms. The van der Waals surface area contributed by atoms with Crippen molar-refractivity contribution in [1.29, 1.82) is 0 Å². The molecule has 0 aromatic heterocycles. The van der Waals surface area contributed by atoms with E-state index in [-0.39, 0.29) is 22.2 Å². The number of fused-ring (bicyclic) bond motifs is 3. The molecule has 0 aromatic carbocycles. The van der Waals surface area contributed by atoms with Crippen LogP contribution in [0.4, 0.5) is 0 Å². The predicted octanol–water partition coefficient (Wildman–Crippen LogP) is 6.50. The Kier molecular flexibility index (Phi) is 4.87. The first-order valence-electron chi connectivity index (χ1n) is 10.5. The number of allylic oxidation sites excluding steroid dienone is 3. The third-order valence-electron chi connectivity index (χ3n) is 7.76. The summed E-state index contributed by atoms with van der Waals surface area (Å²) in [6.45, 7) is 17.4. The lowest BCUT2D eigenvalue weighted by Gasteiger charge is -2.59. The SMILES string of the molecule is C=C[C@@]1(C)C=C2CC[C@@H]3[C@](C)(CCC[C@@]3(C)C(=O)O[Si](C)(C)C)[C@H]2CC1. The van der Waals surface area contributed by atoms with Crippen LogP contribution < -0.4 is 0 Å². The molecular formula is C23H38O2Si. The Morgan fingerprint density at radius 2 is 1.88 bits per heavy atom. The second kappa shape index (κ2) is 6.36. The Bertz CT molecular complexity index is 631. The van der Waals surface area contributed by atoms with Gasteiger partial charge in [0.1, 0.15) is 0 Å². The van der Waals surface area contributed by atoms with Crippen LogP contribution in [-0.4, -0.2) is 14.3 Å². The van der Waals surface area contributed by atoms with Gasteiger partial charge < -0.3 is 4.43 Å². The number of hydrogen-bond acceptors (Lipinski definition) is 2. The summed E-state index contributed by atoms with van der Waals surface area (Å²) in [5.74, 6) is 1.17. The Labute approximate surface area is 161 Å². The number of carbonyl (C=O) groups excluding carboxylic acids is 1. The van der Waals surface area contributed by atoms with Crippen molar-refractivity contribution in [3.8, 4) is 0 Å². The van der Waals surface area contributed by atoms with E-state index in [0.717, 1.165) is 25.7 Å². The van der Waals surface area contributed by atoms with Crippen molar-refractivity contribution in [2.45, 2.75) is 85.4 Å². The summed E-state index contributed by atoms with van der Waals surface area (Å²) in [6, 6.07) is 0. The number of hydrogen-bond donors (Lipinski definition) is 0. The zero-order valence-corrected chi connectivity index (χ0v) is 18.8. The van der Waals surface area contributed by atoms with Crippen LogP contribution in [0, 0.1) is 28.1 Å². The molecule has 5 atom stereocenters. The lowest BCUT2D eigenvalue weighted by Crippen LogP contribution is -2.55. The van der Waals surface area contributed by atoms with Crippen molar-refractivity contribution < 1.29 is 9.22 Å². The van der Waals surface area contributed by atoms with Gasteiger partial charge >= 0.3 is 0 Å². The maximum atomic E-state index is 13.2. The van der Waals surface area contributed by atoms with Crippen molar-refractivity contribution >= 4 is 14.3 Å². The Balaban J connectivity index is 1.93. The van der Waals surface area contributed by atoms with Gasteiger partial charge in [-0.15, -0.1) is 6.58 Å². The molecule has 0 aliphatic heterocycles. The van der Waals surface area contributed by atoms with Crippen molar-refractivity contribution in [3.05, 3.63) is 24.3 Å². The largest absolute Gasteiger partial charge is 0.519 e. The summed E-state index contributed by atoms with van der Waals surface area (Å²) in [6.07, 6.45) is 12.7. The quantitative estimate of drug-likeness (QED) is 0.416. The van der Waals surface area contributed by atoms with Gasteiger partial charge in [-0.3, -0.25) is 4.79 Å². The van der Waals surface area contributed by atoms with Gasteiger partial charge in [0.05, 0.1) is 5.41 Å². The molecule has 2 saturated carbocycles. The molecule has 0 amide bonds. The maximum absolute atomic E-state index is 13.2. The molecule has 3 aliphatic rings. The lowest BCUT2D eigenvalue weighted by atomic mass is 9.45. The third-order valence-corrected chi connectivity index (χ3v) is 8.56. The first-order valence-corrected chi connectivity index (χ1v) is 13.9. The van der Waals surface area contributed by atoms with E-state index in [2.05, 4.69) is 59.1 Å². The molecule has 0 N–H and O–H groups in total. The molecule has 0 spiro atoms. The monoisotopic (exact) mass is 374 g/mol. The van der Waals surface area contributed by atoms with E-state index in [1.165, 1.54) is 19.3 Å². The van der Waals surface area contributed by atoms with Crippen LogP contribution in [0.25, 0.3) is 0 Å². The van der Waals surface area contributed by atoms with E-state index in [1.807, 2.05) is 0 Å². The van der Waals surface area contributed by atoms with Crippen molar-refractivity contribution in [3.63, 3.8) is 0 Å². The molecule has 0 radical (unpaired) electrons. The molecule has 0 saturated heterocycles. The molecule has 3 rings (SSSR count). The Morgan fingerprint density at radius 1 is 1.19 bits per heavy atom. The van der Waals surface area contributed by atoms with E-state index in [4.69, 9.17) is 4.43 Å². The highest BCUT2D eigenvalue weighted by molar-refractivity contribution is 6.71.